The molecule has 2 heterocycles. The highest BCUT2D eigenvalue weighted by Crippen LogP contribution is 2.10. The Balaban J connectivity index is 1.84. The zero-order valence-electron chi connectivity index (χ0n) is 11.2. The maximum Gasteiger partial charge on any atom is 0.224 e. The van der Waals surface area contributed by atoms with Crippen molar-refractivity contribution in [3.63, 3.8) is 0 Å². The molecule has 0 unspecified atom stereocenters. The van der Waals surface area contributed by atoms with Gasteiger partial charge in [0.1, 0.15) is 0 Å². The van der Waals surface area contributed by atoms with Gasteiger partial charge < -0.3 is 5.32 Å². The third-order valence-electron chi connectivity index (χ3n) is 2.78. The number of hydrogen-bond acceptors (Lipinski definition) is 3. The fraction of sp³-hybridized carbons (Fsp3) is 0.357. The minimum Gasteiger partial charge on any atom is -0.323 e. The van der Waals surface area contributed by atoms with Crippen molar-refractivity contribution in [2.24, 2.45) is 0 Å². The highest BCUT2D eigenvalue weighted by Gasteiger charge is 2.06. The summed E-state index contributed by atoms with van der Waals surface area (Å²) in [4.78, 5) is 15.8. The van der Waals surface area contributed by atoms with Crippen LogP contribution in [0.3, 0.4) is 0 Å². The van der Waals surface area contributed by atoms with Crippen molar-refractivity contribution in [1.82, 2.24) is 14.8 Å². The lowest BCUT2D eigenvalue weighted by Gasteiger charge is -2.04. The quantitative estimate of drug-likeness (QED) is 0.896. The lowest BCUT2D eigenvalue weighted by Crippen LogP contribution is -2.12. The van der Waals surface area contributed by atoms with Gasteiger partial charge in [-0.3, -0.25) is 14.5 Å². The summed E-state index contributed by atoms with van der Waals surface area (Å²) in [5.41, 5.74) is 1.81. The average molecular weight is 258 g/mol. The van der Waals surface area contributed by atoms with Crippen LogP contribution < -0.4 is 5.32 Å². The molecule has 0 aromatic carbocycles. The highest BCUT2D eigenvalue weighted by molar-refractivity contribution is 5.90. The van der Waals surface area contributed by atoms with E-state index in [1.807, 2.05) is 36.9 Å². The van der Waals surface area contributed by atoms with Crippen LogP contribution in [0.4, 0.5) is 5.69 Å². The molecule has 0 aliphatic heterocycles. The van der Waals surface area contributed by atoms with Gasteiger partial charge in [-0.05, 0) is 31.9 Å². The van der Waals surface area contributed by atoms with E-state index in [0.717, 1.165) is 11.3 Å². The Labute approximate surface area is 112 Å². The zero-order chi connectivity index (χ0) is 13.7. The minimum absolute atomic E-state index is 0.00726. The first-order chi connectivity index (χ1) is 9.15. The molecule has 0 saturated heterocycles. The lowest BCUT2D eigenvalue weighted by atomic mass is 10.1. The molecule has 1 N–H and O–H groups in total. The van der Waals surface area contributed by atoms with Crippen LogP contribution in [0.1, 0.15) is 31.9 Å². The van der Waals surface area contributed by atoms with E-state index in [0.29, 0.717) is 18.9 Å². The smallest absolute Gasteiger partial charge is 0.224 e. The molecule has 2 rings (SSSR count). The van der Waals surface area contributed by atoms with Gasteiger partial charge >= 0.3 is 0 Å². The van der Waals surface area contributed by atoms with Gasteiger partial charge in [0.2, 0.25) is 5.91 Å². The number of nitrogens with zero attached hydrogens (tertiary/aromatic N) is 3. The van der Waals surface area contributed by atoms with Crippen molar-refractivity contribution < 1.29 is 4.79 Å². The number of carbonyl (C=O) groups excluding carboxylic acids is 1. The van der Waals surface area contributed by atoms with E-state index in [1.54, 1.807) is 18.6 Å². The number of rotatable bonds is 5. The van der Waals surface area contributed by atoms with Crippen molar-refractivity contribution in [1.29, 1.82) is 0 Å². The van der Waals surface area contributed by atoms with Gasteiger partial charge in [0.05, 0.1) is 11.9 Å². The summed E-state index contributed by atoms with van der Waals surface area (Å²) in [5, 5.41) is 7.02. The van der Waals surface area contributed by atoms with Gasteiger partial charge in [-0.15, -0.1) is 0 Å². The second-order valence-electron chi connectivity index (χ2n) is 4.71. The third kappa shape index (κ3) is 3.91. The van der Waals surface area contributed by atoms with Crippen LogP contribution in [0.25, 0.3) is 0 Å². The van der Waals surface area contributed by atoms with Gasteiger partial charge in [-0.25, -0.2) is 0 Å². The van der Waals surface area contributed by atoms with Gasteiger partial charge in [0.25, 0.3) is 0 Å². The second kappa shape index (κ2) is 6.13. The summed E-state index contributed by atoms with van der Waals surface area (Å²) in [6, 6.07) is 4.14. The van der Waals surface area contributed by atoms with Gasteiger partial charge in [0.15, 0.2) is 0 Å². The normalized spacial score (nSPS) is 10.7. The van der Waals surface area contributed by atoms with Gasteiger partial charge in [0, 0.05) is 31.1 Å². The largest absolute Gasteiger partial charge is 0.323 e. The molecular weight excluding hydrogens is 240 g/mol. The van der Waals surface area contributed by atoms with Gasteiger partial charge in [-0.1, -0.05) is 6.07 Å². The molecular formula is C14H18N4O. The maximum atomic E-state index is 11.8. The van der Waals surface area contributed by atoms with Crippen molar-refractivity contribution in [3.05, 3.63) is 42.5 Å². The SMILES string of the molecule is CC(C)n1cc(NC(=O)CCc2cccnc2)cn1. The Hall–Kier alpha value is -2.17. The predicted octanol–water partition coefficient (Wildman–Crippen LogP) is 2.43. The number of pyridine rings is 1. The van der Waals surface area contributed by atoms with Crippen molar-refractivity contribution >= 4 is 11.6 Å². The molecule has 0 spiro atoms. The van der Waals surface area contributed by atoms with Crippen LogP contribution in [0.5, 0.6) is 0 Å². The molecule has 0 bridgehead atoms. The van der Waals surface area contributed by atoms with E-state index in [-0.39, 0.29) is 5.91 Å². The summed E-state index contributed by atoms with van der Waals surface area (Å²) in [7, 11) is 0. The summed E-state index contributed by atoms with van der Waals surface area (Å²) in [6.07, 6.45) is 8.15. The van der Waals surface area contributed by atoms with Crippen molar-refractivity contribution in [2.75, 3.05) is 5.32 Å². The zero-order valence-corrected chi connectivity index (χ0v) is 11.2. The van der Waals surface area contributed by atoms with E-state index >= 15 is 0 Å². The number of anilines is 1. The molecule has 0 fully saturated rings. The third-order valence-corrected chi connectivity index (χ3v) is 2.78. The summed E-state index contributed by atoms with van der Waals surface area (Å²) in [6.45, 7) is 4.09. The van der Waals surface area contributed by atoms with Crippen molar-refractivity contribution in [3.8, 4) is 0 Å². The number of carbonyl (C=O) groups is 1. The lowest BCUT2D eigenvalue weighted by molar-refractivity contribution is -0.116. The molecule has 100 valence electrons. The molecule has 2 aromatic rings. The van der Waals surface area contributed by atoms with Crippen LogP contribution in [0.2, 0.25) is 0 Å². The summed E-state index contributed by atoms with van der Waals surface area (Å²) >= 11 is 0. The topological polar surface area (TPSA) is 59.8 Å². The predicted molar refractivity (Wildman–Crippen MR) is 73.8 cm³/mol. The molecule has 0 aliphatic carbocycles. The molecule has 19 heavy (non-hydrogen) atoms. The maximum absolute atomic E-state index is 11.8. The molecule has 0 radical (unpaired) electrons. The molecule has 5 nitrogen and oxygen atoms in total. The highest BCUT2D eigenvalue weighted by atomic mass is 16.1. The first-order valence-corrected chi connectivity index (χ1v) is 6.38. The fourth-order valence-electron chi connectivity index (χ4n) is 1.71. The number of aryl methyl sites for hydroxylation is 1. The molecule has 1 amide bonds. The van der Waals surface area contributed by atoms with Crippen LogP contribution in [0.15, 0.2) is 36.9 Å². The number of nitrogens with one attached hydrogen (secondary N) is 1. The first-order valence-electron chi connectivity index (χ1n) is 6.38. The Morgan fingerprint density at radius 2 is 2.26 bits per heavy atom. The Bertz CT molecular complexity index is 533. The standard InChI is InChI=1S/C14H18N4O/c1-11(2)18-10-13(9-16-18)17-14(19)6-5-12-4-3-7-15-8-12/h3-4,7-11H,5-6H2,1-2H3,(H,17,19). The molecule has 0 saturated carbocycles. The molecule has 5 heteroatoms. The monoisotopic (exact) mass is 258 g/mol. The molecule has 0 aliphatic rings. The Morgan fingerprint density at radius 1 is 1.42 bits per heavy atom. The second-order valence-corrected chi connectivity index (χ2v) is 4.71. The number of hydrogen-bond donors (Lipinski definition) is 1. The van der Waals surface area contributed by atoms with Crippen LogP contribution in [0, 0.1) is 0 Å². The van der Waals surface area contributed by atoms with E-state index < -0.39 is 0 Å². The fourth-order valence-corrected chi connectivity index (χ4v) is 1.71. The first kappa shape index (κ1) is 13.3. The Kier molecular flexibility index (Phi) is 4.28. The van der Waals surface area contributed by atoms with E-state index in [2.05, 4.69) is 15.4 Å². The van der Waals surface area contributed by atoms with E-state index in [9.17, 15) is 4.79 Å². The minimum atomic E-state index is -0.00726. The van der Waals surface area contributed by atoms with Gasteiger partial charge in [-0.2, -0.15) is 5.10 Å². The molecule has 0 atom stereocenters. The number of amides is 1. The molecule has 2 aromatic heterocycles. The average Bonchev–Trinajstić information content (AvgIpc) is 2.86. The van der Waals surface area contributed by atoms with Crippen molar-refractivity contribution in [2.45, 2.75) is 32.7 Å². The van der Waals surface area contributed by atoms with Crippen LogP contribution >= 0.6 is 0 Å². The van der Waals surface area contributed by atoms with Crippen LogP contribution in [-0.4, -0.2) is 20.7 Å². The summed E-state index contributed by atoms with van der Waals surface area (Å²) < 4.78 is 1.82. The van der Waals surface area contributed by atoms with Crippen LogP contribution in [-0.2, 0) is 11.2 Å². The number of aromatic nitrogens is 3. The summed E-state index contributed by atoms with van der Waals surface area (Å²) in [5.74, 6) is -0.00726. The van der Waals surface area contributed by atoms with E-state index in [4.69, 9.17) is 0 Å². The Morgan fingerprint density at radius 3 is 2.89 bits per heavy atom. The van der Waals surface area contributed by atoms with E-state index in [1.165, 1.54) is 0 Å².